The van der Waals surface area contributed by atoms with Gasteiger partial charge in [-0.2, -0.15) is 5.10 Å². The summed E-state index contributed by atoms with van der Waals surface area (Å²) < 4.78 is 11.3. The zero-order valence-electron chi connectivity index (χ0n) is 12.4. The molecule has 1 aliphatic rings. The van der Waals surface area contributed by atoms with Crippen molar-refractivity contribution < 1.29 is 19.4 Å². The summed E-state index contributed by atoms with van der Waals surface area (Å²) in [5.74, 6) is 0.289. The first kappa shape index (κ1) is 14.4. The predicted octanol–water partition coefficient (Wildman–Crippen LogP) is 2.75. The molecule has 3 atom stereocenters. The Morgan fingerprint density at radius 1 is 1.50 bits per heavy atom. The van der Waals surface area contributed by atoms with E-state index in [2.05, 4.69) is 10.2 Å². The van der Waals surface area contributed by atoms with Crippen LogP contribution in [0.1, 0.15) is 36.5 Å². The third-order valence-electron chi connectivity index (χ3n) is 4.02. The molecule has 2 N–H and O–H groups in total. The first-order chi connectivity index (χ1) is 10.6. The van der Waals surface area contributed by atoms with Crippen molar-refractivity contribution in [3.63, 3.8) is 0 Å². The van der Waals surface area contributed by atoms with Crippen LogP contribution in [0.4, 0.5) is 0 Å². The Morgan fingerprint density at radius 2 is 2.32 bits per heavy atom. The summed E-state index contributed by atoms with van der Waals surface area (Å²) >= 11 is 0. The van der Waals surface area contributed by atoms with Crippen LogP contribution in [0.5, 0.6) is 11.5 Å². The fourth-order valence-electron chi connectivity index (χ4n) is 2.60. The van der Waals surface area contributed by atoms with Gasteiger partial charge in [-0.25, -0.2) is 0 Å². The number of rotatable bonds is 6. The van der Waals surface area contributed by atoms with Crippen molar-refractivity contribution in [2.75, 3.05) is 7.11 Å². The highest BCUT2D eigenvalue weighted by Crippen LogP contribution is 2.51. The van der Waals surface area contributed by atoms with E-state index in [0.29, 0.717) is 17.9 Å². The highest BCUT2D eigenvalue weighted by atomic mass is 16.5. The van der Waals surface area contributed by atoms with Crippen molar-refractivity contribution in [2.45, 2.75) is 25.4 Å². The second-order valence-electron chi connectivity index (χ2n) is 5.48. The number of carboxylic acid groups (broad SMARTS) is 1. The van der Waals surface area contributed by atoms with Crippen molar-refractivity contribution in [3.05, 3.63) is 41.7 Å². The van der Waals surface area contributed by atoms with Crippen LogP contribution in [0.25, 0.3) is 0 Å². The Kier molecular flexibility index (Phi) is 3.75. The number of hydrogen-bond donors (Lipinski definition) is 2. The van der Waals surface area contributed by atoms with Gasteiger partial charge in [-0.1, -0.05) is 6.07 Å². The second-order valence-corrected chi connectivity index (χ2v) is 5.48. The van der Waals surface area contributed by atoms with Crippen LogP contribution in [-0.4, -0.2) is 28.4 Å². The SMILES string of the molecule is COc1ccc(C2CC2C(=O)O)c(OC(C)c2cn[nH]c2)c1. The number of nitrogens with zero attached hydrogens (tertiary/aromatic N) is 1. The largest absolute Gasteiger partial charge is 0.497 e. The molecular weight excluding hydrogens is 284 g/mol. The zero-order chi connectivity index (χ0) is 15.7. The van der Waals surface area contributed by atoms with Gasteiger partial charge in [0.2, 0.25) is 0 Å². The molecule has 0 saturated heterocycles. The molecule has 2 aromatic rings. The van der Waals surface area contributed by atoms with Gasteiger partial charge in [-0.3, -0.25) is 9.89 Å². The summed E-state index contributed by atoms with van der Waals surface area (Å²) in [6.07, 6.45) is 3.95. The summed E-state index contributed by atoms with van der Waals surface area (Å²) in [5, 5.41) is 15.8. The summed E-state index contributed by atoms with van der Waals surface area (Å²) in [6.45, 7) is 1.93. The molecule has 0 spiro atoms. The Bertz CT molecular complexity index is 669. The molecular formula is C16H18N2O4. The van der Waals surface area contributed by atoms with E-state index in [1.54, 1.807) is 19.5 Å². The lowest BCUT2D eigenvalue weighted by molar-refractivity contribution is -0.138. The van der Waals surface area contributed by atoms with Crippen LogP contribution in [-0.2, 0) is 4.79 Å². The van der Waals surface area contributed by atoms with Crippen LogP contribution >= 0.6 is 0 Å². The van der Waals surface area contributed by atoms with E-state index >= 15 is 0 Å². The molecule has 1 saturated carbocycles. The van der Waals surface area contributed by atoms with Crippen LogP contribution in [0.15, 0.2) is 30.6 Å². The molecule has 1 aromatic carbocycles. The number of H-pyrrole nitrogens is 1. The first-order valence-corrected chi connectivity index (χ1v) is 7.16. The van der Waals surface area contributed by atoms with Gasteiger partial charge in [0.1, 0.15) is 17.6 Å². The third-order valence-corrected chi connectivity index (χ3v) is 4.02. The Hall–Kier alpha value is -2.50. The normalized spacial score (nSPS) is 21.2. The number of benzene rings is 1. The molecule has 1 aromatic heterocycles. The van der Waals surface area contributed by atoms with E-state index in [1.165, 1.54) is 0 Å². The molecule has 0 aliphatic heterocycles. The quantitative estimate of drug-likeness (QED) is 0.857. The van der Waals surface area contributed by atoms with Crippen molar-refractivity contribution in [1.29, 1.82) is 0 Å². The lowest BCUT2D eigenvalue weighted by atomic mass is 10.1. The molecule has 0 bridgehead atoms. The van der Waals surface area contributed by atoms with Gasteiger partial charge in [-0.15, -0.1) is 0 Å². The van der Waals surface area contributed by atoms with Gasteiger partial charge in [0.05, 0.1) is 19.2 Å². The minimum absolute atomic E-state index is 0.00922. The van der Waals surface area contributed by atoms with Crippen molar-refractivity contribution in [2.24, 2.45) is 5.92 Å². The molecule has 1 fully saturated rings. The van der Waals surface area contributed by atoms with E-state index in [-0.39, 0.29) is 17.9 Å². The summed E-state index contributed by atoms with van der Waals surface area (Å²) in [4.78, 5) is 11.1. The molecule has 116 valence electrons. The summed E-state index contributed by atoms with van der Waals surface area (Å²) in [5.41, 5.74) is 1.85. The number of hydrogen-bond acceptors (Lipinski definition) is 4. The highest BCUT2D eigenvalue weighted by molar-refractivity contribution is 5.75. The maximum Gasteiger partial charge on any atom is 0.307 e. The topological polar surface area (TPSA) is 84.4 Å². The number of ether oxygens (including phenoxy) is 2. The monoisotopic (exact) mass is 302 g/mol. The minimum atomic E-state index is -0.755. The second kappa shape index (κ2) is 5.71. The number of nitrogens with one attached hydrogen (secondary N) is 1. The van der Waals surface area contributed by atoms with Crippen molar-refractivity contribution in [3.8, 4) is 11.5 Å². The third kappa shape index (κ3) is 2.77. The number of aliphatic carboxylic acids is 1. The maximum atomic E-state index is 11.1. The highest BCUT2D eigenvalue weighted by Gasteiger charge is 2.45. The standard InChI is InChI=1S/C16H18N2O4/c1-9(10-7-17-18-8-10)22-15-5-11(21-2)3-4-12(15)13-6-14(13)16(19)20/h3-5,7-9,13-14H,6H2,1-2H3,(H,17,18)(H,19,20). The van der Waals surface area contributed by atoms with Gasteiger partial charge in [0.15, 0.2) is 0 Å². The van der Waals surface area contributed by atoms with E-state index in [9.17, 15) is 4.79 Å². The average Bonchev–Trinajstić information content (AvgIpc) is 3.11. The fourth-order valence-corrected chi connectivity index (χ4v) is 2.60. The van der Waals surface area contributed by atoms with Gasteiger partial charge in [0.25, 0.3) is 0 Å². The molecule has 22 heavy (non-hydrogen) atoms. The zero-order valence-corrected chi connectivity index (χ0v) is 12.4. The number of carbonyl (C=O) groups is 1. The lowest BCUT2D eigenvalue weighted by Gasteiger charge is -2.17. The van der Waals surface area contributed by atoms with Crippen LogP contribution < -0.4 is 9.47 Å². The van der Waals surface area contributed by atoms with Gasteiger partial charge < -0.3 is 14.6 Å². The molecule has 0 amide bonds. The van der Waals surface area contributed by atoms with Crippen molar-refractivity contribution >= 4 is 5.97 Å². The van der Waals surface area contributed by atoms with E-state index in [1.807, 2.05) is 25.1 Å². The molecule has 1 heterocycles. The lowest BCUT2D eigenvalue weighted by Crippen LogP contribution is -2.05. The molecule has 6 heteroatoms. The van der Waals surface area contributed by atoms with Gasteiger partial charge in [-0.05, 0) is 25.0 Å². The Morgan fingerprint density at radius 3 is 2.91 bits per heavy atom. The molecule has 6 nitrogen and oxygen atoms in total. The van der Waals surface area contributed by atoms with E-state index in [4.69, 9.17) is 14.6 Å². The van der Waals surface area contributed by atoms with E-state index in [0.717, 1.165) is 11.1 Å². The molecule has 1 aliphatic carbocycles. The fraction of sp³-hybridized carbons (Fsp3) is 0.375. The molecule has 3 unspecified atom stereocenters. The van der Waals surface area contributed by atoms with Gasteiger partial charge >= 0.3 is 5.97 Å². The minimum Gasteiger partial charge on any atom is -0.497 e. The number of carboxylic acids is 1. The predicted molar refractivity (Wildman–Crippen MR) is 79.1 cm³/mol. The van der Waals surface area contributed by atoms with Crippen LogP contribution in [0, 0.1) is 5.92 Å². The first-order valence-electron chi connectivity index (χ1n) is 7.16. The van der Waals surface area contributed by atoms with Crippen molar-refractivity contribution in [1.82, 2.24) is 10.2 Å². The smallest absolute Gasteiger partial charge is 0.307 e. The van der Waals surface area contributed by atoms with Crippen LogP contribution in [0.3, 0.4) is 0 Å². The van der Waals surface area contributed by atoms with E-state index < -0.39 is 5.97 Å². The average molecular weight is 302 g/mol. The maximum absolute atomic E-state index is 11.1. The number of aromatic amines is 1. The number of methoxy groups -OCH3 is 1. The van der Waals surface area contributed by atoms with Gasteiger partial charge in [0, 0.05) is 23.7 Å². The Balaban J connectivity index is 1.86. The number of aromatic nitrogens is 2. The van der Waals surface area contributed by atoms with Crippen LogP contribution in [0.2, 0.25) is 0 Å². The summed E-state index contributed by atoms with van der Waals surface area (Å²) in [7, 11) is 1.59. The summed E-state index contributed by atoms with van der Waals surface area (Å²) in [6, 6.07) is 5.54. The molecule has 3 rings (SSSR count). The Labute approximate surface area is 128 Å². The molecule has 0 radical (unpaired) electrons.